The molecule has 0 radical (unpaired) electrons. The van der Waals surface area contributed by atoms with E-state index in [0.29, 0.717) is 32.4 Å². The third-order valence-electron chi connectivity index (χ3n) is 2.08. The fraction of sp³-hybridized carbons (Fsp3) is 0.800. The fourth-order valence-corrected chi connectivity index (χ4v) is 1.15. The number of amides is 1. The topological polar surface area (TPSA) is 108 Å². The number of hydrogen-bond acceptors (Lipinski definition) is 5. The van der Waals surface area contributed by atoms with E-state index in [0.717, 1.165) is 6.42 Å². The van der Waals surface area contributed by atoms with Gasteiger partial charge in [-0.15, -0.1) is 0 Å². The van der Waals surface area contributed by atoms with Crippen LogP contribution in [0.1, 0.15) is 32.6 Å². The van der Waals surface area contributed by atoms with Crippen molar-refractivity contribution in [2.24, 2.45) is 0 Å². The summed E-state index contributed by atoms with van der Waals surface area (Å²) in [6, 6.07) is -0.956. The Morgan fingerprint density at radius 3 is 2.50 bits per heavy atom. The average molecular weight is 432 g/mol. The van der Waals surface area contributed by atoms with E-state index in [2.05, 4.69) is 5.32 Å². The van der Waals surface area contributed by atoms with Gasteiger partial charge < -0.3 is 20.4 Å². The number of carboxylic acids is 1. The number of ether oxygens (including phenoxy) is 1. The van der Waals surface area contributed by atoms with Gasteiger partial charge in [-0.05, 0) is 25.7 Å². The van der Waals surface area contributed by atoms with Gasteiger partial charge >= 0.3 is 12.1 Å². The number of hydroxylamine groups is 1. The van der Waals surface area contributed by atoms with E-state index >= 15 is 0 Å². The van der Waals surface area contributed by atoms with Crippen LogP contribution in [0.3, 0.4) is 0 Å². The molecule has 0 aromatic carbocycles. The zero-order chi connectivity index (χ0) is 13.1. The molecule has 1 amide bonds. The van der Waals surface area contributed by atoms with Gasteiger partial charge in [0.2, 0.25) is 0 Å². The van der Waals surface area contributed by atoms with Gasteiger partial charge in [0.1, 0.15) is 6.04 Å². The van der Waals surface area contributed by atoms with Crippen LogP contribution in [-0.2, 0) is 30.6 Å². The first-order valence-corrected chi connectivity index (χ1v) is 5.64. The van der Waals surface area contributed by atoms with Crippen LogP contribution in [0.25, 0.3) is 0 Å². The van der Waals surface area contributed by atoms with E-state index in [-0.39, 0.29) is 21.1 Å². The van der Waals surface area contributed by atoms with Gasteiger partial charge in [0.05, 0.1) is 6.61 Å². The van der Waals surface area contributed by atoms with Gasteiger partial charge in [0.25, 0.3) is 0 Å². The number of aliphatic carboxylic acids is 1. The molecule has 7 nitrogen and oxygen atoms in total. The molecule has 1 unspecified atom stereocenters. The molecule has 0 aromatic rings. The Balaban J connectivity index is 0. The number of carbonyl (C=O) groups is 2. The van der Waals surface area contributed by atoms with Crippen LogP contribution in [0, 0.1) is 0 Å². The Kier molecular flexibility index (Phi) is 14.0. The molecule has 0 aliphatic rings. The molecule has 106 valence electrons. The standard InChI is InChI=1S/C10H20N2O5.W/c1-2-7-17-10(15)11-6-4-3-5-8(12-16)9(13)14;/h8,12,16H,2-7H2,1H3,(H,11,15)(H,13,14);. The van der Waals surface area contributed by atoms with E-state index in [4.69, 9.17) is 15.1 Å². The summed E-state index contributed by atoms with van der Waals surface area (Å²) in [7, 11) is 0. The Bertz CT molecular complexity index is 240. The summed E-state index contributed by atoms with van der Waals surface area (Å²) in [6.07, 6.45) is 1.83. The summed E-state index contributed by atoms with van der Waals surface area (Å²) in [5.74, 6) is -1.09. The number of carboxylic acid groups (broad SMARTS) is 1. The van der Waals surface area contributed by atoms with Crippen LogP contribution in [-0.4, -0.2) is 41.6 Å². The van der Waals surface area contributed by atoms with E-state index < -0.39 is 18.1 Å². The summed E-state index contributed by atoms with van der Waals surface area (Å²) in [5.41, 5.74) is 1.72. The van der Waals surface area contributed by atoms with Crippen LogP contribution >= 0.6 is 0 Å². The van der Waals surface area contributed by atoms with E-state index in [9.17, 15) is 9.59 Å². The van der Waals surface area contributed by atoms with E-state index in [1.165, 1.54) is 0 Å². The molecular weight excluding hydrogens is 412 g/mol. The fourth-order valence-electron chi connectivity index (χ4n) is 1.15. The third kappa shape index (κ3) is 10.5. The minimum absolute atomic E-state index is 0. The van der Waals surface area contributed by atoms with Crippen molar-refractivity contribution in [3.63, 3.8) is 0 Å². The second kappa shape index (κ2) is 12.8. The van der Waals surface area contributed by atoms with Crippen molar-refractivity contribution < 1.29 is 45.7 Å². The van der Waals surface area contributed by atoms with Gasteiger partial charge in [0, 0.05) is 27.6 Å². The minimum atomic E-state index is -1.09. The van der Waals surface area contributed by atoms with Crippen molar-refractivity contribution in [1.82, 2.24) is 10.8 Å². The molecule has 0 rings (SSSR count). The van der Waals surface area contributed by atoms with Crippen LogP contribution in [0.4, 0.5) is 4.79 Å². The van der Waals surface area contributed by atoms with Crippen LogP contribution in [0.5, 0.6) is 0 Å². The molecule has 0 spiro atoms. The van der Waals surface area contributed by atoms with Crippen molar-refractivity contribution in [3.05, 3.63) is 0 Å². The van der Waals surface area contributed by atoms with Crippen molar-refractivity contribution >= 4 is 12.1 Å². The van der Waals surface area contributed by atoms with Crippen LogP contribution in [0.2, 0.25) is 0 Å². The number of hydrogen-bond donors (Lipinski definition) is 4. The molecule has 0 heterocycles. The monoisotopic (exact) mass is 432 g/mol. The first-order valence-electron chi connectivity index (χ1n) is 5.64. The van der Waals surface area contributed by atoms with Crippen LogP contribution < -0.4 is 10.8 Å². The number of rotatable bonds is 9. The van der Waals surface area contributed by atoms with Gasteiger partial charge in [-0.3, -0.25) is 4.79 Å². The number of alkyl carbamates (subject to hydrolysis) is 1. The average Bonchev–Trinajstić information content (AvgIpc) is 2.30. The molecule has 8 heteroatoms. The maximum Gasteiger partial charge on any atom is 0.407 e. The molecule has 0 aliphatic carbocycles. The number of carbonyl (C=O) groups excluding carboxylic acids is 1. The first kappa shape index (κ1) is 19.7. The van der Waals surface area contributed by atoms with Gasteiger partial charge in [-0.1, -0.05) is 6.92 Å². The Labute approximate surface area is 120 Å². The summed E-state index contributed by atoms with van der Waals surface area (Å²) >= 11 is 0. The first-order chi connectivity index (χ1) is 8.11. The summed E-state index contributed by atoms with van der Waals surface area (Å²) < 4.78 is 4.78. The van der Waals surface area contributed by atoms with Crippen molar-refractivity contribution in [1.29, 1.82) is 0 Å². The summed E-state index contributed by atoms with van der Waals surface area (Å²) in [5, 5.41) is 19.7. The minimum Gasteiger partial charge on any atom is -0.480 e. The quantitative estimate of drug-likeness (QED) is 0.316. The SMILES string of the molecule is CCCOC(=O)NCCCCC(NO)C(=O)O.[W]. The van der Waals surface area contributed by atoms with Crippen molar-refractivity contribution in [2.45, 2.75) is 38.6 Å². The smallest absolute Gasteiger partial charge is 0.407 e. The summed E-state index contributed by atoms with van der Waals surface area (Å²) in [4.78, 5) is 21.5. The van der Waals surface area contributed by atoms with Gasteiger partial charge in [0.15, 0.2) is 0 Å². The third-order valence-corrected chi connectivity index (χ3v) is 2.08. The van der Waals surface area contributed by atoms with E-state index in [1.807, 2.05) is 6.92 Å². The molecule has 4 N–H and O–H groups in total. The molecule has 18 heavy (non-hydrogen) atoms. The zero-order valence-electron chi connectivity index (χ0n) is 10.3. The predicted octanol–water partition coefficient (Wildman–Crippen LogP) is 0.722. The van der Waals surface area contributed by atoms with Crippen molar-refractivity contribution in [3.8, 4) is 0 Å². The molecule has 0 aromatic heterocycles. The number of nitrogens with one attached hydrogen (secondary N) is 2. The Hall–Kier alpha value is -0.652. The largest absolute Gasteiger partial charge is 0.480 e. The molecule has 0 saturated carbocycles. The van der Waals surface area contributed by atoms with Crippen molar-refractivity contribution in [2.75, 3.05) is 13.2 Å². The molecule has 0 fully saturated rings. The molecule has 0 saturated heterocycles. The molecule has 1 atom stereocenters. The van der Waals surface area contributed by atoms with Gasteiger partial charge in [-0.2, -0.15) is 5.48 Å². The number of unbranched alkanes of at least 4 members (excludes halogenated alkanes) is 1. The molecular formula is C10H20N2O5W. The predicted molar refractivity (Wildman–Crippen MR) is 59.8 cm³/mol. The molecule has 0 bridgehead atoms. The molecule has 0 aliphatic heterocycles. The zero-order valence-corrected chi connectivity index (χ0v) is 13.3. The second-order valence-electron chi connectivity index (χ2n) is 3.58. The normalized spacial score (nSPS) is 11.2. The summed E-state index contributed by atoms with van der Waals surface area (Å²) in [6.45, 7) is 2.73. The van der Waals surface area contributed by atoms with Crippen LogP contribution in [0.15, 0.2) is 0 Å². The van der Waals surface area contributed by atoms with E-state index in [1.54, 1.807) is 5.48 Å². The Morgan fingerprint density at radius 1 is 1.33 bits per heavy atom. The van der Waals surface area contributed by atoms with Gasteiger partial charge in [-0.25, -0.2) is 4.79 Å². The maximum atomic E-state index is 11.0. The Morgan fingerprint density at radius 2 is 2.00 bits per heavy atom. The maximum absolute atomic E-state index is 11.0. The second-order valence-corrected chi connectivity index (χ2v) is 3.58.